The van der Waals surface area contributed by atoms with Gasteiger partial charge in [-0.25, -0.2) is 9.37 Å². The highest BCUT2D eigenvalue weighted by atomic mass is 19.4. The largest absolute Gasteiger partial charge is 0.419 e. The number of halogens is 4. The highest BCUT2D eigenvalue weighted by Crippen LogP contribution is 2.36. The van der Waals surface area contributed by atoms with Gasteiger partial charge in [-0.05, 0) is 49.1 Å². The Morgan fingerprint density at radius 2 is 1.96 bits per heavy atom. The number of anilines is 1. The Hall–Kier alpha value is -2.64. The molecule has 4 nitrogen and oxygen atoms in total. The van der Waals surface area contributed by atoms with Crippen LogP contribution in [0.15, 0.2) is 42.6 Å². The van der Waals surface area contributed by atoms with Gasteiger partial charge in [0.05, 0.1) is 11.5 Å². The number of aromatic nitrogens is 1. The predicted molar refractivity (Wildman–Crippen MR) is 97.3 cm³/mol. The monoisotopic (exact) mass is 395 g/mol. The minimum Gasteiger partial charge on any atom is -0.355 e. The summed E-state index contributed by atoms with van der Waals surface area (Å²) in [5.41, 5.74) is 0.114. The summed E-state index contributed by atoms with van der Waals surface area (Å²) in [6.45, 7) is 1.01. The number of hydrogen-bond acceptors (Lipinski definition) is 3. The van der Waals surface area contributed by atoms with Crippen molar-refractivity contribution in [1.82, 2.24) is 10.3 Å². The Bertz CT molecular complexity index is 808. The van der Waals surface area contributed by atoms with Gasteiger partial charge in [0.15, 0.2) is 0 Å². The topological polar surface area (TPSA) is 45.2 Å². The highest BCUT2D eigenvalue weighted by Gasteiger charge is 2.37. The van der Waals surface area contributed by atoms with E-state index in [2.05, 4.69) is 10.3 Å². The third-order valence-electron chi connectivity index (χ3n) is 4.81. The standard InChI is InChI=1S/C20H21F4N3O/c21-16-7-5-14(6-8-16)9-11-26-19(28)15-3-2-12-27(13-15)18-17(20(22,23)24)4-1-10-25-18/h1,4-8,10,15H,2-3,9,11-13H2,(H,26,28). The lowest BCUT2D eigenvalue weighted by atomic mass is 9.96. The number of nitrogens with one attached hydrogen (secondary N) is 1. The first-order valence-electron chi connectivity index (χ1n) is 9.14. The quantitative estimate of drug-likeness (QED) is 0.783. The number of pyridine rings is 1. The molecule has 0 aliphatic carbocycles. The lowest BCUT2D eigenvalue weighted by Gasteiger charge is -2.34. The molecule has 8 heteroatoms. The van der Waals surface area contributed by atoms with Crippen molar-refractivity contribution in [2.75, 3.05) is 24.5 Å². The molecule has 0 spiro atoms. The van der Waals surface area contributed by atoms with Crippen LogP contribution in [0.1, 0.15) is 24.0 Å². The molecule has 1 saturated heterocycles. The number of carbonyl (C=O) groups excluding carboxylic acids is 1. The van der Waals surface area contributed by atoms with Gasteiger partial charge in [-0.2, -0.15) is 13.2 Å². The molecule has 1 unspecified atom stereocenters. The van der Waals surface area contributed by atoms with Gasteiger partial charge in [0.2, 0.25) is 5.91 Å². The SMILES string of the molecule is O=C(NCCc1ccc(F)cc1)C1CCCN(c2ncccc2C(F)(F)F)C1. The van der Waals surface area contributed by atoms with Crippen LogP contribution in [0, 0.1) is 11.7 Å². The second-order valence-electron chi connectivity index (χ2n) is 6.82. The van der Waals surface area contributed by atoms with E-state index in [1.54, 1.807) is 12.1 Å². The molecule has 0 bridgehead atoms. The van der Waals surface area contributed by atoms with Crippen molar-refractivity contribution in [1.29, 1.82) is 0 Å². The Balaban J connectivity index is 1.59. The van der Waals surface area contributed by atoms with Crippen molar-refractivity contribution in [3.63, 3.8) is 0 Å². The van der Waals surface area contributed by atoms with Crippen molar-refractivity contribution in [3.8, 4) is 0 Å². The second-order valence-corrected chi connectivity index (χ2v) is 6.82. The molecule has 2 aromatic rings. The summed E-state index contributed by atoms with van der Waals surface area (Å²) in [7, 11) is 0. The summed E-state index contributed by atoms with van der Waals surface area (Å²) < 4.78 is 52.6. The van der Waals surface area contributed by atoms with Crippen LogP contribution in [0.5, 0.6) is 0 Å². The van der Waals surface area contributed by atoms with Crippen LogP contribution in [-0.4, -0.2) is 30.5 Å². The summed E-state index contributed by atoms with van der Waals surface area (Å²) in [5, 5.41) is 2.83. The number of hydrogen-bond donors (Lipinski definition) is 1. The number of benzene rings is 1. The molecule has 1 fully saturated rings. The number of carbonyl (C=O) groups is 1. The van der Waals surface area contributed by atoms with Crippen LogP contribution in [0.2, 0.25) is 0 Å². The average Bonchev–Trinajstić information content (AvgIpc) is 2.69. The molecule has 1 N–H and O–H groups in total. The Kier molecular flexibility index (Phi) is 6.16. The van der Waals surface area contributed by atoms with Gasteiger partial charge in [-0.15, -0.1) is 0 Å². The van der Waals surface area contributed by atoms with E-state index < -0.39 is 17.7 Å². The minimum absolute atomic E-state index is 0.126. The van der Waals surface area contributed by atoms with Gasteiger partial charge in [0.1, 0.15) is 11.6 Å². The molecule has 1 aromatic heterocycles. The Morgan fingerprint density at radius 3 is 2.68 bits per heavy atom. The van der Waals surface area contributed by atoms with E-state index >= 15 is 0 Å². The fraction of sp³-hybridized carbons (Fsp3) is 0.400. The highest BCUT2D eigenvalue weighted by molar-refractivity contribution is 5.79. The van der Waals surface area contributed by atoms with Gasteiger partial charge < -0.3 is 10.2 Å². The second kappa shape index (κ2) is 8.58. The van der Waals surface area contributed by atoms with Crippen LogP contribution < -0.4 is 10.2 Å². The van der Waals surface area contributed by atoms with E-state index in [-0.39, 0.29) is 24.1 Å². The third kappa shape index (κ3) is 4.99. The van der Waals surface area contributed by atoms with Crippen molar-refractivity contribution in [2.45, 2.75) is 25.4 Å². The lowest BCUT2D eigenvalue weighted by molar-refractivity contribution is -0.137. The van der Waals surface area contributed by atoms with Gasteiger partial charge >= 0.3 is 6.18 Å². The molecule has 1 aliphatic rings. The van der Waals surface area contributed by atoms with Crippen molar-refractivity contribution >= 4 is 11.7 Å². The van der Waals surface area contributed by atoms with Gasteiger partial charge in [0, 0.05) is 25.8 Å². The molecule has 2 heterocycles. The first kappa shape index (κ1) is 20.1. The number of amides is 1. The molecular weight excluding hydrogens is 374 g/mol. The number of piperidine rings is 1. The van der Waals surface area contributed by atoms with E-state index in [0.717, 1.165) is 11.6 Å². The maximum Gasteiger partial charge on any atom is 0.419 e. The molecule has 28 heavy (non-hydrogen) atoms. The van der Waals surface area contributed by atoms with Gasteiger partial charge in [-0.3, -0.25) is 4.79 Å². The zero-order valence-corrected chi connectivity index (χ0v) is 15.2. The third-order valence-corrected chi connectivity index (χ3v) is 4.81. The van der Waals surface area contributed by atoms with E-state index in [0.29, 0.717) is 32.4 Å². The Labute approximate surface area is 160 Å². The predicted octanol–water partition coefficient (Wildman–Crippen LogP) is 3.81. The molecule has 1 amide bonds. The summed E-state index contributed by atoms with van der Waals surface area (Å²) in [6.07, 6.45) is -1.37. The van der Waals surface area contributed by atoms with Crippen molar-refractivity contribution in [2.24, 2.45) is 5.92 Å². The first-order valence-corrected chi connectivity index (χ1v) is 9.14. The Morgan fingerprint density at radius 1 is 1.21 bits per heavy atom. The first-order chi connectivity index (χ1) is 13.3. The van der Waals surface area contributed by atoms with Crippen LogP contribution in [0.25, 0.3) is 0 Å². The zero-order chi connectivity index (χ0) is 20.1. The maximum atomic E-state index is 13.2. The smallest absolute Gasteiger partial charge is 0.355 e. The van der Waals surface area contributed by atoms with Crippen LogP contribution >= 0.6 is 0 Å². The molecule has 1 aliphatic heterocycles. The summed E-state index contributed by atoms with van der Waals surface area (Å²) in [4.78, 5) is 17.9. The fourth-order valence-electron chi connectivity index (χ4n) is 3.38. The molecule has 150 valence electrons. The van der Waals surface area contributed by atoms with E-state index in [4.69, 9.17) is 0 Å². The van der Waals surface area contributed by atoms with Gasteiger partial charge in [-0.1, -0.05) is 12.1 Å². The maximum absolute atomic E-state index is 13.2. The molecule has 3 rings (SSSR count). The van der Waals surface area contributed by atoms with Crippen LogP contribution in [0.3, 0.4) is 0 Å². The van der Waals surface area contributed by atoms with Crippen molar-refractivity contribution < 1.29 is 22.4 Å². The zero-order valence-electron chi connectivity index (χ0n) is 15.2. The molecule has 1 atom stereocenters. The van der Waals surface area contributed by atoms with Crippen LogP contribution in [0.4, 0.5) is 23.4 Å². The molecule has 1 aromatic carbocycles. The van der Waals surface area contributed by atoms with E-state index in [1.807, 2.05) is 0 Å². The molecule has 0 radical (unpaired) electrons. The number of alkyl halides is 3. The van der Waals surface area contributed by atoms with E-state index in [1.165, 1.54) is 29.3 Å². The molecular formula is C20H21F4N3O. The van der Waals surface area contributed by atoms with E-state index in [9.17, 15) is 22.4 Å². The number of nitrogens with zero attached hydrogens (tertiary/aromatic N) is 2. The summed E-state index contributed by atoms with van der Waals surface area (Å²) >= 11 is 0. The fourth-order valence-corrected chi connectivity index (χ4v) is 3.38. The summed E-state index contributed by atoms with van der Waals surface area (Å²) in [6, 6.07) is 8.31. The normalized spacial score (nSPS) is 17.4. The summed E-state index contributed by atoms with van der Waals surface area (Å²) in [5.74, 6) is -1.02. The minimum atomic E-state index is -4.49. The van der Waals surface area contributed by atoms with Gasteiger partial charge in [0.25, 0.3) is 0 Å². The lowest BCUT2D eigenvalue weighted by Crippen LogP contribution is -2.44. The molecule has 0 saturated carbocycles. The van der Waals surface area contributed by atoms with Crippen LogP contribution in [-0.2, 0) is 17.4 Å². The number of rotatable bonds is 5. The van der Waals surface area contributed by atoms with Crippen molar-refractivity contribution in [3.05, 3.63) is 59.5 Å². The average molecular weight is 395 g/mol.